The van der Waals surface area contributed by atoms with Crippen LogP contribution in [0, 0.1) is 5.21 Å². The fourth-order valence-electron chi connectivity index (χ4n) is 0.306. The second-order valence-electron chi connectivity index (χ2n) is 2.11. The standard InChI is InChI=1S/C6H11NO3/c1-5(2)7(9)4-6(8)10-3/h4-5H,1-3H3. The average Bonchev–Trinajstić information content (AvgIpc) is 1.87. The number of hydrogen-bond acceptors (Lipinski definition) is 3. The maximum absolute atomic E-state index is 10.7. The van der Waals surface area contributed by atoms with Crippen molar-refractivity contribution in [3.05, 3.63) is 5.21 Å². The molecule has 0 spiro atoms. The molecule has 0 bridgehead atoms. The van der Waals surface area contributed by atoms with Crippen molar-refractivity contribution in [1.82, 2.24) is 0 Å². The number of esters is 1. The summed E-state index contributed by atoms with van der Waals surface area (Å²) in [7, 11) is 1.23. The predicted octanol–water partition coefficient (Wildman–Crippen LogP) is 0.149. The van der Waals surface area contributed by atoms with Crippen LogP contribution in [0.15, 0.2) is 0 Å². The van der Waals surface area contributed by atoms with Gasteiger partial charge in [-0.3, -0.25) is 0 Å². The molecule has 0 aliphatic heterocycles. The first kappa shape index (κ1) is 8.94. The lowest BCUT2D eigenvalue weighted by Crippen LogP contribution is -2.19. The number of rotatable bonds is 2. The van der Waals surface area contributed by atoms with E-state index in [2.05, 4.69) is 4.74 Å². The van der Waals surface area contributed by atoms with Gasteiger partial charge < -0.3 is 9.94 Å². The largest absolute Gasteiger partial charge is 0.623 e. The second-order valence-corrected chi connectivity index (χ2v) is 2.11. The van der Waals surface area contributed by atoms with Gasteiger partial charge in [-0.15, -0.1) is 0 Å². The van der Waals surface area contributed by atoms with Crippen LogP contribution in [-0.2, 0) is 9.53 Å². The van der Waals surface area contributed by atoms with Crippen LogP contribution >= 0.6 is 0 Å². The molecule has 0 amide bonds. The monoisotopic (exact) mass is 145 g/mol. The molecule has 0 fully saturated rings. The molecule has 0 N–H and O–H groups in total. The first-order chi connectivity index (χ1) is 4.57. The molecule has 0 aromatic rings. The first-order valence-corrected chi connectivity index (χ1v) is 2.96. The highest BCUT2D eigenvalue weighted by atomic mass is 16.5. The van der Waals surface area contributed by atoms with Gasteiger partial charge in [-0.05, 0) is 13.8 Å². The molecule has 0 unspecified atom stereocenters. The molecule has 0 saturated heterocycles. The van der Waals surface area contributed by atoms with Crippen LogP contribution < -0.4 is 0 Å². The van der Waals surface area contributed by atoms with Gasteiger partial charge in [-0.2, -0.15) is 0 Å². The normalized spacial score (nSPS) is 11.8. The van der Waals surface area contributed by atoms with E-state index in [0.29, 0.717) is 4.74 Å². The molecule has 0 saturated carbocycles. The van der Waals surface area contributed by atoms with Crippen LogP contribution in [0.1, 0.15) is 13.8 Å². The van der Waals surface area contributed by atoms with Crippen molar-refractivity contribution in [1.29, 1.82) is 0 Å². The maximum Gasteiger partial charge on any atom is 0.396 e. The number of hydroxylamine groups is 1. The van der Waals surface area contributed by atoms with Crippen LogP contribution in [0.25, 0.3) is 0 Å². The lowest BCUT2D eigenvalue weighted by atomic mass is 10.4. The number of nitrogens with zero attached hydrogens (tertiary/aromatic N) is 1. The van der Waals surface area contributed by atoms with E-state index in [9.17, 15) is 10.0 Å². The molecule has 4 nitrogen and oxygen atoms in total. The number of ether oxygens (including phenoxy) is 1. The number of carbonyl (C=O) groups excluding carboxylic acids is 1. The zero-order valence-electron chi connectivity index (χ0n) is 6.33. The van der Waals surface area contributed by atoms with Crippen LogP contribution in [0.2, 0.25) is 0 Å². The van der Waals surface area contributed by atoms with E-state index < -0.39 is 5.97 Å². The van der Waals surface area contributed by atoms with E-state index in [-0.39, 0.29) is 6.04 Å². The first-order valence-electron chi connectivity index (χ1n) is 2.96. The highest BCUT2D eigenvalue weighted by Gasteiger charge is 2.04. The maximum atomic E-state index is 10.7. The minimum absolute atomic E-state index is 0.223. The summed E-state index contributed by atoms with van der Waals surface area (Å²) in [6.45, 7) is 3.37. The lowest BCUT2D eigenvalue weighted by Gasteiger charge is -2.05. The van der Waals surface area contributed by atoms with Crippen LogP contribution in [0.4, 0.5) is 0 Å². The Bertz CT molecular complexity index is 151. The third kappa shape index (κ3) is 3.06. The highest BCUT2D eigenvalue weighted by molar-refractivity contribution is 6.20. The molecule has 0 radical (unpaired) electrons. The molecule has 0 aromatic heterocycles. The lowest BCUT2D eigenvalue weighted by molar-refractivity contribution is -0.487. The Morgan fingerprint density at radius 3 is 2.50 bits per heavy atom. The number of carbonyl (C=O) groups is 1. The van der Waals surface area contributed by atoms with Gasteiger partial charge in [0.2, 0.25) is 0 Å². The summed E-state index contributed by atoms with van der Waals surface area (Å²) in [5.41, 5.74) is 0. The second kappa shape index (κ2) is 3.87. The SMILES string of the molecule is COC(=O)C=[N+]([O-])C(C)C. The molecule has 0 aromatic carbocycles. The Labute approximate surface area is 59.7 Å². The Balaban J connectivity index is 4.03. The van der Waals surface area contributed by atoms with Gasteiger partial charge in [0.25, 0.3) is 6.21 Å². The van der Waals surface area contributed by atoms with E-state index in [0.717, 1.165) is 6.21 Å². The van der Waals surface area contributed by atoms with Crippen molar-refractivity contribution >= 4 is 12.2 Å². The van der Waals surface area contributed by atoms with Gasteiger partial charge in [0.1, 0.15) is 0 Å². The van der Waals surface area contributed by atoms with Gasteiger partial charge in [-0.1, -0.05) is 0 Å². The summed E-state index contributed by atoms with van der Waals surface area (Å²) in [5, 5.41) is 10.7. The Morgan fingerprint density at radius 1 is 1.70 bits per heavy atom. The fourth-order valence-corrected chi connectivity index (χ4v) is 0.306. The minimum Gasteiger partial charge on any atom is -0.623 e. The van der Waals surface area contributed by atoms with Crippen molar-refractivity contribution < 1.29 is 14.3 Å². The molecular weight excluding hydrogens is 134 g/mol. The van der Waals surface area contributed by atoms with Gasteiger partial charge in [-0.25, -0.2) is 9.53 Å². The van der Waals surface area contributed by atoms with Gasteiger partial charge in [0.15, 0.2) is 6.04 Å². The summed E-state index contributed by atoms with van der Waals surface area (Å²) < 4.78 is 4.78. The predicted molar refractivity (Wildman–Crippen MR) is 36.8 cm³/mol. The van der Waals surface area contributed by atoms with E-state index in [1.807, 2.05) is 0 Å². The average molecular weight is 145 g/mol. The molecule has 0 aliphatic carbocycles. The molecule has 4 heteroatoms. The summed E-state index contributed by atoms with van der Waals surface area (Å²) in [5.74, 6) is -0.622. The van der Waals surface area contributed by atoms with Crippen molar-refractivity contribution in [2.24, 2.45) is 0 Å². The summed E-state index contributed by atoms with van der Waals surface area (Å²) >= 11 is 0. The summed E-state index contributed by atoms with van der Waals surface area (Å²) in [4.78, 5) is 10.4. The van der Waals surface area contributed by atoms with E-state index in [1.54, 1.807) is 13.8 Å². The topological polar surface area (TPSA) is 52.4 Å². The van der Waals surface area contributed by atoms with Crippen molar-refractivity contribution in [2.45, 2.75) is 19.9 Å². The van der Waals surface area contributed by atoms with Crippen molar-refractivity contribution in [3.8, 4) is 0 Å². The molecule has 0 aliphatic rings. The van der Waals surface area contributed by atoms with Crippen molar-refractivity contribution in [3.63, 3.8) is 0 Å². The highest BCUT2D eigenvalue weighted by Crippen LogP contribution is 1.83. The fraction of sp³-hybridized carbons (Fsp3) is 0.667. The molecule has 58 valence electrons. The third-order valence-corrected chi connectivity index (χ3v) is 0.943. The zero-order valence-corrected chi connectivity index (χ0v) is 6.33. The quantitative estimate of drug-likeness (QED) is 0.183. The molecule has 0 atom stereocenters. The van der Waals surface area contributed by atoms with E-state index in [4.69, 9.17) is 0 Å². The van der Waals surface area contributed by atoms with E-state index >= 15 is 0 Å². The molecular formula is C6H11NO3. The number of methoxy groups -OCH3 is 1. The third-order valence-electron chi connectivity index (χ3n) is 0.943. The minimum atomic E-state index is -0.622. The smallest absolute Gasteiger partial charge is 0.396 e. The van der Waals surface area contributed by atoms with Gasteiger partial charge >= 0.3 is 5.97 Å². The summed E-state index contributed by atoms with van der Waals surface area (Å²) in [6, 6.07) is -0.223. The van der Waals surface area contributed by atoms with Crippen LogP contribution in [0.5, 0.6) is 0 Å². The van der Waals surface area contributed by atoms with Crippen LogP contribution in [0.3, 0.4) is 0 Å². The van der Waals surface area contributed by atoms with Crippen molar-refractivity contribution in [2.75, 3.05) is 7.11 Å². The molecule has 0 rings (SSSR count). The molecule has 0 heterocycles. The Morgan fingerprint density at radius 2 is 2.20 bits per heavy atom. The van der Waals surface area contributed by atoms with E-state index in [1.165, 1.54) is 7.11 Å². The van der Waals surface area contributed by atoms with Crippen LogP contribution in [-0.4, -0.2) is 30.1 Å². The number of hydrogen-bond donors (Lipinski definition) is 0. The van der Waals surface area contributed by atoms with Gasteiger partial charge in [0, 0.05) is 0 Å². The molecule has 10 heavy (non-hydrogen) atoms. The summed E-state index contributed by atoms with van der Waals surface area (Å²) in [6.07, 6.45) is 0.880. The Kier molecular flexibility index (Phi) is 3.46. The zero-order chi connectivity index (χ0) is 8.15. The Hall–Kier alpha value is -1.06. The van der Waals surface area contributed by atoms with Gasteiger partial charge in [0.05, 0.1) is 7.11 Å².